The van der Waals surface area contributed by atoms with Gasteiger partial charge in [0.15, 0.2) is 0 Å². The molecule has 0 radical (unpaired) electrons. The average molecular weight is 155 g/mol. The molecule has 1 N–H and O–H groups in total. The summed E-state index contributed by atoms with van der Waals surface area (Å²) in [4.78, 5) is 0. The van der Waals surface area contributed by atoms with E-state index in [1.54, 1.807) is 6.92 Å². The van der Waals surface area contributed by atoms with Crippen molar-refractivity contribution in [2.24, 2.45) is 0 Å². The Kier molecular flexibility index (Phi) is 16.9. The first kappa shape index (κ1) is 13.5. The Labute approximate surface area is 84.4 Å². The smallest absolute Gasteiger partial charge is 0.855 e. The maximum Gasteiger partial charge on any atom is 1.00 e. The third-order valence-electron chi connectivity index (χ3n) is 0.846. The quantitative estimate of drug-likeness (QED) is 0.362. The van der Waals surface area contributed by atoms with Crippen LogP contribution in [0.25, 0.3) is 0 Å². The van der Waals surface area contributed by atoms with Crippen molar-refractivity contribution < 1.29 is 39.4 Å². The van der Waals surface area contributed by atoms with Gasteiger partial charge in [0, 0.05) is 13.1 Å². The van der Waals surface area contributed by atoms with E-state index in [0.29, 0.717) is 0 Å². The van der Waals surface area contributed by atoms with E-state index in [-0.39, 0.29) is 36.2 Å². The zero-order chi connectivity index (χ0) is 6.95. The topological polar surface area (TPSA) is 44.3 Å². The molecule has 0 aromatic heterocycles. The van der Waals surface area contributed by atoms with E-state index in [2.05, 4.69) is 5.32 Å². The van der Waals surface area contributed by atoms with E-state index < -0.39 is 0 Å². The summed E-state index contributed by atoms with van der Waals surface area (Å²) in [7, 11) is 0. The Morgan fingerprint density at radius 2 is 1.80 bits per heavy atom. The first-order valence-corrected chi connectivity index (χ1v) is 3.28. The monoisotopic (exact) mass is 155 g/mol. The fourth-order valence-corrected chi connectivity index (χ4v) is 0.516. The van der Waals surface area contributed by atoms with Crippen LogP contribution in [0.4, 0.5) is 0 Å². The van der Waals surface area contributed by atoms with Crippen LogP contribution in [-0.4, -0.2) is 32.9 Å². The Morgan fingerprint density at radius 1 is 1.40 bits per heavy atom. The van der Waals surface area contributed by atoms with Crippen LogP contribution in [0.3, 0.4) is 0 Å². The maximum atomic E-state index is 8.93. The molecule has 1 saturated heterocycles. The Hall–Kier alpha value is 0.880. The minimum absolute atomic E-state index is 0. The van der Waals surface area contributed by atoms with Crippen molar-refractivity contribution in [3.8, 4) is 0 Å². The second-order valence-corrected chi connectivity index (χ2v) is 1.65. The number of nitrogens with one attached hydrogen (secondary N) is 1. The van der Waals surface area contributed by atoms with Gasteiger partial charge in [0.1, 0.15) is 0 Å². The van der Waals surface area contributed by atoms with Crippen molar-refractivity contribution in [2.45, 2.75) is 6.92 Å². The van der Waals surface area contributed by atoms with Crippen molar-refractivity contribution in [1.82, 2.24) is 5.32 Å². The first-order chi connectivity index (χ1) is 4.41. The van der Waals surface area contributed by atoms with Crippen molar-refractivity contribution in [3.05, 3.63) is 0 Å². The predicted octanol–water partition coefficient (Wildman–Crippen LogP) is -4.02. The molecule has 0 amide bonds. The van der Waals surface area contributed by atoms with Crippen LogP contribution >= 0.6 is 0 Å². The van der Waals surface area contributed by atoms with Gasteiger partial charge >= 0.3 is 29.6 Å². The summed E-state index contributed by atoms with van der Waals surface area (Å²) >= 11 is 0. The van der Waals surface area contributed by atoms with Crippen LogP contribution in [-0.2, 0) is 4.74 Å². The van der Waals surface area contributed by atoms with Crippen LogP contribution in [0.1, 0.15) is 6.92 Å². The van der Waals surface area contributed by atoms with E-state index in [0.717, 1.165) is 26.3 Å². The maximum absolute atomic E-state index is 8.93. The van der Waals surface area contributed by atoms with Crippen LogP contribution in [0.5, 0.6) is 0 Å². The molecule has 0 spiro atoms. The molecule has 0 aliphatic carbocycles. The molecule has 1 fully saturated rings. The van der Waals surface area contributed by atoms with Crippen LogP contribution in [0, 0.1) is 0 Å². The van der Waals surface area contributed by atoms with E-state index in [4.69, 9.17) is 9.84 Å². The molecule has 10 heavy (non-hydrogen) atoms. The van der Waals surface area contributed by atoms with Crippen molar-refractivity contribution >= 4 is 0 Å². The molecule has 0 bridgehead atoms. The molecule has 0 aromatic carbocycles. The third kappa shape index (κ3) is 11.6. The number of hydrogen-bond donors (Lipinski definition) is 1. The van der Waals surface area contributed by atoms with Crippen LogP contribution in [0.2, 0.25) is 0 Å². The van der Waals surface area contributed by atoms with Gasteiger partial charge in [-0.05, 0) is 0 Å². The Balaban J connectivity index is 0. The molecule has 56 valence electrons. The minimum Gasteiger partial charge on any atom is -0.855 e. The van der Waals surface area contributed by atoms with Gasteiger partial charge in [-0.3, -0.25) is 0 Å². The number of hydrogen-bond acceptors (Lipinski definition) is 3. The number of morpholine rings is 1. The number of ether oxygens (including phenoxy) is 1. The predicted molar refractivity (Wildman–Crippen MR) is 34.2 cm³/mol. The van der Waals surface area contributed by atoms with Gasteiger partial charge in [-0.2, -0.15) is 0 Å². The fraction of sp³-hybridized carbons (Fsp3) is 1.00. The Morgan fingerprint density at radius 3 is 1.90 bits per heavy atom. The second-order valence-electron chi connectivity index (χ2n) is 1.65. The van der Waals surface area contributed by atoms with Crippen molar-refractivity contribution in [3.63, 3.8) is 0 Å². The molecule has 3 nitrogen and oxygen atoms in total. The van der Waals surface area contributed by atoms with Gasteiger partial charge in [-0.25, -0.2) is 0 Å². The van der Waals surface area contributed by atoms with E-state index in [9.17, 15) is 0 Å². The van der Waals surface area contributed by atoms with E-state index >= 15 is 0 Å². The van der Waals surface area contributed by atoms with Crippen LogP contribution in [0.15, 0.2) is 0 Å². The van der Waals surface area contributed by atoms with E-state index in [1.807, 2.05) is 0 Å². The number of rotatable bonds is 0. The fourth-order valence-electron chi connectivity index (χ4n) is 0.516. The molecule has 0 aromatic rings. The largest absolute Gasteiger partial charge is 1.00 e. The molecule has 4 heteroatoms. The molecular weight excluding hydrogens is 141 g/mol. The summed E-state index contributed by atoms with van der Waals surface area (Å²) in [6.45, 7) is 5.40. The van der Waals surface area contributed by atoms with Gasteiger partial charge < -0.3 is 15.2 Å². The zero-order valence-corrected chi connectivity index (χ0v) is 8.85. The summed E-state index contributed by atoms with van der Waals surface area (Å²) in [5.41, 5.74) is 0. The third-order valence-corrected chi connectivity index (χ3v) is 0.846. The molecule has 1 heterocycles. The van der Waals surface area contributed by atoms with Crippen molar-refractivity contribution in [1.29, 1.82) is 0 Å². The molecule has 0 saturated carbocycles. The van der Waals surface area contributed by atoms with Gasteiger partial charge in [0.25, 0.3) is 0 Å². The molecular formula is C6H14NNaO2. The first-order valence-electron chi connectivity index (χ1n) is 3.28. The second kappa shape index (κ2) is 12.5. The summed E-state index contributed by atoms with van der Waals surface area (Å²) in [5.74, 6) is 0. The molecule has 0 atom stereocenters. The average Bonchev–Trinajstić information content (AvgIpc) is 1.93. The van der Waals surface area contributed by atoms with Gasteiger partial charge in [-0.1, -0.05) is 6.92 Å². The molecule has 0 unspecified atom stereocenters. The van der Waals surface area contributed by atoms with Crippen LogP contribution < -0.4 is 40.0 Å². The summed E-state index contributed by atoms with van der Waals surface area (Å²) < 4.78 is 5.01. The van der Waals surface area contributed by atoms with Gasteiger partial charge in [0.2, 0.25) is 0 Å². The normalized spacial score (nSPS) is 16.2. The Bertz CT molecular complexity index is 39.5. The standard InChI is InChI=1S/C4H9NO.C2H5O.Na/c1-3-6-4-2-5-1;1-2-3;/h5H,1-4H2;2H2,1H3;/q;-1;+1. The van der Waals surface area contributed by atoms with E-state index in [1.165, 1.54) is 0 Å². The summed E-state index contributed by atoms with van der Waals surface area (Å²) in [6, 6.07) is 0. The van der Waals surface area contributed by atoms with Gasteiger partial charge in [-0.15, -0.1) is 6.61 Å². The summed E-state index contributed by atoms with van der Waals surface area (Å²) in [5, 5.41) is 12.1. The minimum atomic E-state index is 0. The molecule has 1 aliphatic rings. The SMILES string of the molecule is C1COCCN1.CC[O-].[Na+]. The van der Waals surface area contributed by atoms with Gasteiger partial charge in [0.05, 0.1) is 13.2 Å². The zero-order valence-electron chi connectivity index (χ0n) is 6.85. The molecule has 1 rings (SSSR count). The summed E-state index contributed by atoms with van der Waals surface area (Å²) in [6.07, 6.45) is 0. The molecule has 1 aliphatic heterocycles. The van der Waals surface area contributed by atoms with Crippen molar-refractivity contribution in [2.75, 3.05) is 32.9 Å².